The Morgan fingerprint density at radius 2 is 1.86 bits per heavy atom. The molecule has 0 spiro atoms. The quantitative estimate of drug-likeness (QED) is 0.756. The normalized spacial score (nSPS) is 12.3. The number of nitrogens with zero attached hydrogens (tertiary/aromatic N) is 2. The van der Waals surface area contributed by atoms with Crippen LogP contribution in [-0.4, -0.2) is 10.2 Å². The average molecular weight is 365 g/mol. The van der Waals surface area contributed by atoms with E-state index in [2.05, 4.69) is 26.1 Å². The number of benzene rings is 2. The van der Waals surface area contributed by atoms with Gasteiger partial charge in [0.2, 0.25) is 11.8 Å². The van der Waals surface area contributed by atoms with Crippen molar-refractivity contribution in [2.24, 2.45) is 5.73 Å². The first kappa shape index (κ1) is 14.3. The monoisotopic (exact) mass is 363 g/mol. The second kappa shape index (κ2) is 5.97. The van der Waals surface area contributed by atoms with Crippen LogP contribution in [0.15, 0.2) is 57.4 Å². The van der Waals surface area contributed by atoms with E-state index in [1.807, 2.05) is 42.5 Å². The van der Waals surface area contributed by atoms with Crippen LogP contribution in [0, 0.1) is 0 Å². The van der Waals surface area contributed by atoms with Gasteiger partial charge in [-0.2, -0.15) is 0 Å². The van der Waals surface area contributed by atoms with Crippen molar-refractivity contribution < 1.29 is 4.42 Å². The minimum absolute atomic E-state index is 0.355. The van der Waals surface area contributed by atoms with Crippen LogP contribution in [0.1, 0.15) is 17.5 Å². The molecule has 0 radical (unpaired) electrons. The number of hydrogen-bond donors (Lipinski definition) is 1. The van der Waals surface area contributed by atoms with Gasteiger partial charge in [-0.15, -0.1) is 10.2 Å². The molecule has 6 heteroatoms. The molecule has 3 rings (SSSR count). The summed E-state index contributed by atoms with van der Waals surface area (Å²) in [5, 5.41) is 8.58. The summed E-state index contributed by atoms with van der Waals surface area (Å²) in [5.41, 5.74) is 7.72. The van der Waals surface area contributed by atoms with E-state index in [-0.39, 0.29) is 0 Å². The van der Waals surface area contributed by atoms with Crippen molar-refractivity contribution in [3.8, 4) is 11.5 Å². The number of halogens is 2. The maximum absolute atomic E-state index is 6.18. The Morgan fingerprint density at radius 3 is 2.57 bits per heavy atom. The average Bonchev–Trinajstić information content (AvgIpc) is 2.97. The SMILES string of the molecule is NC(c1ccccc1)c1nnc(-c2ccc(Br)cc2Cl)o1. The van der Waals surface area contributed by atoms with E-state index >= 15 is 0 Å². The van der Waals surface area contributed by atoms with Gasteiger partial charge in [-0.05, 0) is 23.8 Å². The van der Waals surface area contributed by atoms with Crippen LogP contribution >= 0.6 is 27.5 Å². The van der Waals surface area contributed by atoms with Crippen LogP contribution in [0.25, 0.3) is 11.5 Å². The number of nitrogens with two attached hydrogens (primary N) is 1. The number of aromatic nitrogens is 2. The molecular formula is C15H11BrClN3O. The van der Waals surface area contributed by atoms with Crippen molar-refractivity contribution in [2.45, 2.75) is 6.04 Å². The summed E-state index contributed by atoms with van der Waals surface area (Å²) < 4.78 is 6.55. The third kappa shape index (κ3) is 3.00. The van der Waals surface area contributed by atoms with Gasteiger partial charge in [0.05, 0.1) is 10.6 Å². The van der Waals surface area contributed by atoms with Gasteiger partial charge in [0.25, 0.3) is 0 Å². The van der Waals surface area contributed by atoms with E-state index in [1.54, 1.807) is 6.07 Å². The summed E-state index contributed by atoms with van der Waals surface area (Å²) in [6.45, 7) is 0. The lowest BCUT2D eigenvalue weighted by molar-refractivity contribution is 0.484. The maximum atomic E-state index is 6.18. The molecule has 0 aliphatic heterocycles. The van der Waals surface area contributed by atoms with Crippen LogP contribution in [0.4, 0.5) is 0 Å². The van der Waals surface area contributed by atoms with Gasteiger partial charge in [0.15, 0.2) is 0 Å². The van der Waals surface area contributed by atoms with Crippen LogP contribution in [0.2, 0.25) is 5.02 Å². The molecule has 2 aromatic carbocycles. The molecule has 0 amide bonds. The fourth-order valence-corrected chi connectivity index (χ4v) is 2.69. The Morgan fingerprint density at radius 1 is 1.10 bits per heavy atom. The molecule has 1 unspecified atom stereocenters. The third-order valence-corrected chi connectivity index (χ3v) is 3.83. The zero-order valence-corrected chi connectivity index (χ0v) is 13.2. The van der Waals surface area contributed by atoms with Crippen molar-refractivity contribution in [3.63, 3.8) is 0 Å². The second-order valence-corrected chi connectivity index (χ2v) is 5.78. The summed E-state index contributed by atoms with van der Waals surface area (Å²) in [6.07, 6.45) is 0. The summed E-state index contributed by atoms with van der Waals surface area (Å²) in [4.78, 5) is 0. The summed E-state index contributed by atoms with van der Waals surface area (Å²) in [5.74, 6) is 0.712. The highest BCUT2D eigenvalue weighted by Gasteiger charge is 2.18. The van der Waals surface area contributed by atoms with Gasteiger partial charge in [-0.3, -0.25) is 0 Å². The molecule has 1 heterocycles. The standard InChI is InChI=1S/C15H11BrClN3O/c16-10-6-7-11(12(17)8-10)14-19-20-15(21-14)13(18)9-4-2-1-3-5-9/h1-8,13H,18H2. The first-order valence-electron chi connectivity index (χ1n) is 6.24. The first-order valence-corrected chi connectivity index (χ1v) is 7.41. The van der Waals surface area contributed by atoms with E-state index in [1.165, 1.54) is 0 Å². The molecule has 3 aromatic rings. The number of hydrogen-bond acceptors (Lipinski definition) is 4. The smallest absolute Gasteiger partial charge is 0.249 e. The Hall–Kier alpha value is -1.69. The highest BCUT2D eigenvalue weighted by molar-refractivity contribution is 9.10. The molecule has 1 atom stereocenters. The van der Waals surface area contributed by atoms with E-state index in [4.69, 9.17) is 21.8 Å². The Bertz CT molecular complexity index is 761. The van der Waals surface area contributed by atoms with E-state index < -0.39 is 6.04 Å². The largest absolute Gasteiger partial charge is 0.419 e. The highest BCUT2D eigenvalue weighted by Crippen LogP contribution is 2.30. The van der Waals surface area contributed by atoms with Crippen LogP contribution < -0.4 is 5.73 Å². The number of rotatable bonds is 3. The molecule has 0 saturated carbocycles. The fourth-order valence-electron chi connectivity index (χ4n) is 1.93. The Balaban J connectivity index is 1.93. The molecular weight excluding hydrogens is 354 g/mol. The van der Waals surface area contributed by atoms with Gasteiger partial charge in [0.1, 0.15) is 6.04 Å². The van der Waals surface area contributed by atoms with Crippen LogP contribution in [0.3, 0.4) is 0 Å². The first-order chi connectivity index (χ1) is 10.1. The highest BCUT2D eigenvalue weighted by atomic mass is 79.9. The topological polar surface area (TPSA) is 64.9 Å². The van der Waals surface area contributed by atoms with Crippen molar-refractivity contribution in [3.05, 3.63) is 69.5 Å². The minimum Gasteiger partial charge on any atom is -0.419 e. The molecule has 2 N–H and O–H groups in total. The van der Waals surface area contributed by atoms with Crippen molar-refractivity contribution in [2.75, 3.05) is 0 Å². The second-order valence-electron chi connectivity index (χ2n) is 4.46. The molecule has 0 aliphatic carbocycles. The van der Waals surface area contributed by atoms with E-state index in [0.29, 0.717) is 22.4 Å². The fraction of sp³-hybridized carbons (Fsp3) is 0.0667. The third-order valence-electron chi connectivity index (χ3n) is 3.03. The summed E-state index contributed by atoms with van der Waals surface area (Å²) in [7, 11) is 0. The van der Waals surface area contributed by atoms with E-state index in [9.17, 15) is 0 Å². The van der Waals surface area contributed by atoms with Gasteiger partial charge < -0.3 is 10.2 Å². The molecule has 4 nitrogen and oxygen atoms in total. The Kier molecular flexibility index (Phi) is 4.05. The van der Waals surface area contributed by atoms with Gasteiger partial charge >= 0.3 is 0 Å². The zero-order chi connectivity index (χ0) is 14.8. The minimum atomic E-state index is -0.457. The molecule has 106 valence electrons. The predicted molar refractivity (Wildman–Crippen MR) is 84.9 cm³/mol. The van der Waals surface area contributed by atoms with Crippen molar-refractivity contribution in [1.29, 1.82) is 0 Å². The molecule has 0 saturated heterocycles. The predicted octanol–water partition coefficient (Wildman–Crippen LogP) is 4.20. The van der Waals surface area contributed by atoms with Gasteiger partial charge in [-0.1, -0.05) is 57.9 Å². The molecule has 0 bridgehead atoms. The lowest BCUT2D eigenvalue weighted by atomic mass is 10.1. The molecule has 1 aromatic heterocycles. The van der Waals surface area contributed by atoms with E-state index in [0.717, 1.165) is 10.0 Å². The summed E-state index contributed by atoms with van der Waals surface area (Å²) >= 11 is 9.54. The van der Waals surface area contributed by atoms with Crippen molar-refractivity contribution in [1.82, 2.24) is 10.2 Å². The molecule has 0 fully saturated rings. The van der Waals surface area contributed by atoms with Crippen molar-refractivity contribution >= 4 is 27.5 Å². The lowest BCUT2D eigenvalue weighted by Crippen LogP contribution is -2.11. The van der Waals surface area contributed by atoms with Gasteiger partial charge in [-0.25, -0.2) is 0 Å². The molecule has 21 heavy (non-hydrogen) atoms. The van der Waals surface area contributed by atoms with Gasteiger partial charge in [0, 0.05) is 4.47 Å². The molecule has 0 aliphatic rings. The van der Waals surface area contributed by atoms with Crippen LogP contribution in [-0.2, 0) is 0 Å². The maximum Gasteiger partial charge on any atom is 0.249 e. The summed E-state index contributed by atoms with van der Waals surface area (Å²) in [6, 6.07) is 14.6. The zero-order valence-electron chi connectivity index (χ0n) is 10.8. The van der Waals surface area contributed by atoms with Crippen LogP contribution in [0.5, 0.6) is 0 Å². The Labute approximate surface area is 135 Å². The lowest BCUT2D eigenvalue weighted by Gasteiger charge is -2.06.